The van der Waals surface area contributed by atoms with Crippen LogP contribution in [0, 0.1) is 0 Å². The average molecular weight is 340 g/mol. The molecule has 0 spiro atoms. The van der Waals surface area contributed by atoms with E-state index in [0.717, 1.165) is 38.2 Å². The highest BCUT2D eigenvalue weighted by Gasteiger charge is 2.34. The Labute approximate surface area is 139 Å². The summed E-state index contributed by atoms with van der Waals surface area (Å²) < 4.78 is 28.6. The topological polar surface area (TPSA) is 58.6 Å². The second-order valence-corrected chi connectivity index (χ2v) is 8.69. The van der Waals surface area contributed by atoms with Gasteiger partial charge in [0.25, 0.3) is 0 Å². The quantitative estimate of drug-likeness (QED) is 0.856. The van der Waals surface area contributed by atoms with Crippen LogP contribution in [0.5, 0.6) is 0 Å². The molecule has 1 atom stereocenters. The van der Waals surface area contributed by atoms with Crippen LogP contribution in [0.2, 0.25) is 0 Å². The zero-order valence-corrected chi connectivity index (χ0v) is 15.3. The van der Waals surface area contributed by atoms with Crippen molar-refractivity contribution in [1.82, 2.24) is 10.2 Å². The van der Waals surface area contributed by atoms with E-state index in [0.29, 0.717) is 4.90 Å². The zero-order chi connectivity index (χ0) is 17.1. The highest BCUT2D eigenvalue weighted by Crippen LogP contribution is 2.26. The van der Waals surface area contributed by atoms with Crippen molar-refractivity contribution in [3.05, 3.63) is 29.8 Å². The Morgan fingerprint density at radius 2 is 1.78 bits per heavy atom. The Hall–Kier alpha value is -0.950. The number of hydrogen-bond donors (Lipinski definition) is 1. The van der Waals surface area contributed by atoms with Crippen molar-refractivity contribution in [1.29, 1.82) is 0 Å². The molecule has 0 aliphatic carbocycles. The van der Waals surface area contributed by atoms with Gasteiger partial charge in [0.2, 0.25) is 0 Å². The third-order valence-corrected chi connectivity index (χ3v) is 6.05. The predicted molar refractivity (Wildman–Crippen MR) is 92.4 cm³/mol. The molecule has 0 radical (unpaired) electrons. The van der Waals surface area contributed by atoms with Crippen molar-refractivity contribution < 1.29 is 13.2 Å². The van der Waals surface area contributed by atoms with Crippen LogP contribution in [-0.4, -0.2) is 59.0 Å². The summed E-state index contributed by atoms with van der Waals surface area (Å²) in [5, 5.41) is 3.60. The van der Waals surface area contributed by atoms with Crippen LogP contribution >= 0.6 is 0 Å². The molecule has 1 aliphatic heterocycles. The molecular weight excluding hydrogens is 312 g/mol. The van der Waals surface area contributed by atoms with Crippen molar-refractivity contribution in [2.75, 3.05) is 40.1 Å². The van der Waals surface area contributed by atoms with E-state index in [2.05, 4.69) is 31.2 Å². The van der Waals surface area contributed by atoms with Gasteiger partial charge in [0.05, 0.1) is 4.90 Å². The molecule has 1 aromatic rings. The summed E-state index contributed by atoms with van der Waals surface area (Å²) in [6.07, 6.45) is 3.27. The van der Waals surface area contributed by atoms with E-state index in [1.165, 1.54) is 6.26 Å². The lowest BCUT2D eigenvalue weighted by molar-refractivity contribution is -0.00807. The Morgan fingerprint density at radius 1 is 1.22 bits per heavy atom. The third-order valence-electron chi connectivity index (χ3n) is 4.92. The average Bonchev–Trinajstić information content (AvgIpc) is 2.52. The summed E-state index contributed by atoms with van der Waals surface area (Å²) >= 11 is 0. The van der Waals surface area contributed by atoms with E-state index in [4.69, 9.17) is 4.74 Å². The van der Waals surface area contributed by atoms with Gasteiger partial charge in [-0.15, -0.1) is 0 Å². The Morgan fingerprint density at radius 3 is 2.26 bits per heavy atom. The molecule has 6 heteroatoms. The predicted octanol–water partition coefficient (Wildman–Crippen LogP) is 1.85. The highest BCUT2D eigenvalue weighted by molar-refractivity contribution is 7.90. The normalized spacial score (nSPS) is 19.7. The van der Waals surface area contributed by atoms with Gasteiger partial charge in [-0.2, -0.15) is 0 Å². The fraction of sp³-hybridized carbons (Fsp3) is 0.647. The van der Waals surface area contributed by atoms with E-state index in [1.54, 1.807) is 12.1 Å². The van der Waals surface area contributed by atoms with Crippen LogP contribution in [0.15, 0.2) is 29.2 Å². The second-order valence-electron chi connectivity index (χ2n) is 6.67. The summed E-state index contributed by atoms with van der Waals surface area (Å²) in [6, 6.07) is 7.31. The number of ether oxygens (including phenoxy) is 1. The minimum Gasteiger partial charge on any atom is -0.381 e. The smallest absolute Gasteiger partial charge is 0.175 e. The Kier molecular flexibility index (Phi) is 5.84. The molecule has 0 saturated carbocycles. The number of hydrogen-bond acceptors (Lipinski definition) is 5. The molecule has 1 unspecified atom stereocenters. The maximum atomic E-state index is 11.5. The molecule has 23 heavy (non-hydrogen) atoms. The molecule has 1 N–H and O–H groups in total. The minimum absolute atomic E-state index is 0.124. The van der Waals surface area contributed by atoms with Gasteiger partial charge in [-0.25, -0.2) is 8.42 Å². The minimum atomic E-state index is -3.14. The van der Waals surface area contributed by atoms with Crippen LogP contribution in [0.3, 0.4) is 0 Å². The van der Waals surface area contributed by atoms with E-state index in [-0.39, 0.29) is 11.6 Å². The van der Waals surface area contributed by atoms with Crippen LogP contribution < -0.4 is 5.32 Å². The van der Waals surface area contributed by atoms with E-state index in [1.807, 2.05) is 12.1 Å². The largest absolute Gasteiger partial charge is 0.381 e. The first-order valence-electron chi connectivity index (χ1n) is 8.03. The van der Waals surface area contributed by atoms with Crippen molar-refractivity contribution in [2.45, 2.75) is 36.2 Å². The monoisotopic (exact) mass is 340 g/mol. The summed E-state index contributed by atoms with van der Waals surface area (Å²) in [5.74, 6) is 0. The molecule has 1 fully saturated rings. The van der Waals surface area contributed by atoms with Gasteiger partial charge in [0.15, 0.2) is 9.84 Å². The molecule has 0 amide bonds. The van der Waals surface area contributed by atoms with Gasteiger partial charge < -0.3 is 15.0 Å². The molecular formula is C17H28N2O3S. The van der Waals surface area contributed by atoms with E-state index >= 15 is 0 Å². The van der Waals surface area contributed by atoms with Crippen LogP contribution in [0.25, 0.3) is 0 Å². The standard InChI is InChI=1S/C17H28N2O3S/c1-14(15-5-7-16(8-6-15)23(4,20)21)18-13-17(19(2)3)9-11-22-12-10-17/h5-8,14,18H,9-13H2,1-4H3. The molecule has 1 aromatic carbocycles. The van der Waals surface area contributed by atoms with Crippen molar-refractivity contribution in [3.8, 4) is 0 Å². The van der Waals surface area contributed by atoms with Crippen molar-refractivity contribution in [3.63, 3.8) is 0 Å². The first kappa shape index (κ1) is 18.4. The number of nitrogens with zero attached hydrogens (tertiary/aromatic N) is 1. The van der Waals surface area contributed by atoms with Gasteiger partial charge in [-0.05, 0) is 51.6 Å². The SMILES string of the molecule is CC(NCC1(N(C)C)CCOCC1)c1ccc(S(C)(=O)=O)cc1. The van der Waals surface area contributed by atoms with Gasteiger partial charge >= 0.3 is 0 Å². The molecule has 1 heterocycles. The molecule has 0 aromatic heterocycles. The maximum Gasteiger partial charge on any atom is 0.175 e. The Bertz CT molecular complexity index is 605. The van der Waals surface area contributed by atoms with Crippen molar-refractivity contribution in [2.24, 2.45) is 0 Å². The molecule has 1 aliphatic rings. The first-order chi connectivity index (χ1) is 10.7. The second kappa shape index (κ2) is 7.30. The molecule has 1 saturated heterocycles. The lowest BCUT2D eigenvalue weighted by Gasteiger charge is -2.43. The summed E-state index contributed by atoms with van der Waals surface area (Å²) in [5.41, 5.74) is 1.22. The van der Waals surface area contributed by atoms with Gasteiger partial charge in [0.1, 0.15) is 0 Å². The summed E-state index contributed by atoms with van der Waals surface area (Å²) in [7, 11) is 1.11. The number of rotatable bonds is 6. The zero-order valence-electron chi connectivity index (χ0n) is 14.5. The van der Waals surface area contributed by atoms with Gasteiger partial charge in [-0.3, -0.25) is 0 Å². The van der Waals surface area contributed by atoms with E-state index in [9.17, 15) is 8.42 Å². The van der Waals surface area contributed by atoms with Crippen LogP contribution in [0.1, 0.15) is 31.4 Å². The number of sulfone groups is 1. The van der Waals surface area contributed by atoms with E-state index < -0.39 is 9.84 Å². The number of benzene rings is 1. The lowest BCUT2D eigenvalue weighted by Crippen LogP contribution is -2.55. The highest BCUT2D eigenvalue weighted by atomic mass is 32.2. The summed E-state index contributed by atoms with van der Waals surface area (Å²) in [6.45, 7) is 4.60. The van der Waals surface area contributed by atoms with Gasteiger partial charge in [0, 0.05) is 37.6 Å². The lowest BCUT2D eigenvalue weighted by atomic mass is 9.88. The third kappa shape index (κ3) is 4.53. The molecule has 0 bridgehead atoms. The first-order valence-corrected chi connectivity index (χ1v) is 9.92. The number of likely N-dealkylation sites (N-methyl/N-ethyl adjacent to an activating group) is 1. The molecule has 2 rings (SSSR count). The van der Waals surface area contributed by atoms with Crippen LogP contribution in [0.4, 0.5) is 0 Å². The van der Waals surface area contributed by atoms with Crippen LogP contribution in [-0.2, 0) is 14.6 Å². The molecule has 5 nitrogen and oxygen atoms in total. The fourth-order valence-electron chi connectivity index (χ4n) is 3.00. The van der Waals surface area contributed by atoms with Crippen molar-refractivity contribution >= 4 is 9.84 Å². The summed E-state index contributed by atoms with van der Waals surface area (Å²) in [4.78, 5) is 2.66. The van der Waals surface area contributed by atoms with Gasteiger partial charge in [-0.1, -0.05) is 12.1 Å². The Balaban J connectivity index is 2.02. The fourth-order valence-corrected chi connectivity index (χ4v) is 3.63. The number of nitrogens with one attached hydrogen (secondary N) is 1. The maximum absolute atomic E-state index is 11.5. The molecule has 130 valence electrons.